The van der Waals surface area contributed by atoms with E-state index in [9.17, 15) is 0 Å². The molecule has 1 rings (SSSR count). The van der Waals surface area contributed by atoms with E-state index in [0.29, 0.717) is 0 Å². The van der Waals surface area contributed by atoms with Crippen molar-refractivity contribution in [3.63, 3.8) is 0 Å². The summed E-state index contributed by atoms with van der Waals surface area (Å²) in [6, 6.07) is 0. The molecule has 0 saturated heterocycles. The van der Waals surface area contributed by atoms with Crippen LogP contribution in [-0.4, -0.2) is 22.6 Å². The molecule has 0 aromatic carbocycles. The Labute approximate surface area is 92.9 Å². The molecule has 0 radical (unpaired) electrons. The van der Waals surface area contributed by atoms with Crippen LogP contribution in [0.3, 0.4) is 0 Å². The number of rotatable bonds is 8. The van der Waals surface area contributed by atoms with Crippen molar-refractivity contribution in [1.29, 1.82) is 0 Å². The fourth-order valence-corrected chi connectivity index (χ4v) is 1.62. The fraction of sp³-hybridized carbons (Fsp3) is 0.750. The molecule has 0 bridgehead atoms. The number of aryl methyl sites for hydroxylation is 1. The molecule has 1 heterocycles. The van der Waals surface area contributed by atoms with Gasteiger partial charge in [0.15, 0.2) is 0 Å². The van der Waals surface area contributed by atoms with Crippen LogP contribution in [0, 0.1) is 0 Å². The minimum Gasteiger partial charge on any atom is -0.334 e. The Morgan fingerprint density at radius 3 is 2.87 bits per heavy atom. The van der Waals surface area contributed by atoms with Gasteiger partial charge >= 0.3 is 0 Å². The van der Waals surface area contributed by atoms with Crippen molar-refractivity contribution in [3.8, 4) is 0 Å². The second kappa shape index (κ2) is 7.46. The Morgan fingerprint density at radius 1 is 1.27 bits per heavy atom. The predicted molar refractivity (Wildman–Crippen MR) is 64.0 cm³/mol. The number of nitrogens with one attached hydrogen (secondary N) is 1. The van der Waals surface area contributed by atoms with E-state index in [-0.39, 0.29) is 0 Å². The lowest BCUT2D eigenvalue weighted by molar-refractivity contribution is 0.563. The second-order valence-electron chi connectivity index (χ2n) is 3.89. The van der Waals surface area contributed by atoms with Crippen LogP contribution in [-0.2, 0) is 13.0 Å². The minimum absolute atomic E-state index is 1.04. The quantitative estimate of drug-likeness (QED) is 0.665. The minimum atomic E-state index is 1.04. The molecule has 3 heteroatoms. The maximum atomic E-state index is 4.36. The maximum Gasteiger partial charge on any atom is 0.108 e. The number of aromatic nitrogens is 2. The van der Waals surface area contributed by atoms with Crippen molar-refractivity contribution in [1.82, 2.24) is 14.9 Å². The summed E-state index contributed by atoms with van der Waals surface area (Å²) in [5.74, 6) is 1.22. The van der Waals surface area contributed by atoms with Gasteiger partial charge in [0.1, 0.15) is 5.82 Å². The maximum absolute atomic E-state index is 4.36. The first-order valence-electron chi connectivity index (χ1n) is 6.09. The normalized spacial score (nSPS) is 10.8. The average Bonchev–Trinajstić information content (AvgIpc) is 2.66. The van der Waals surface area contributed by atoms with Crippen LogP contribution in [0.1, 0.15) is 38.9 Å². The van der Waals surface area contributed by atoms with E-state index >= 15 is 0 Å². The van der Waals surface area contributed by atoms with Gasteiger partial charge in [0.25, 0.3) is 0 Å². The molecule has 0 fully saturated rings. The van der Waals surface area contributed by atoms with Gasteiger partial charge in [-0.15, -0.1) is 0 Å². The SMILES string of the molecule is CCCCNCCn1ccnc1CCC. The lowest BCUT2D eigenvalue weighted by Gasteiger charge is -2.07. The van der Waals surface area contributed by atoms with Gasteiger partial charge in [-0.25, -0.2) is 4.98 Å². The third-order valence-corrected chi connectivity index (χ3v) is 2.51. The third-order valence-electron chi connectivity index (χ3n) is 2.51. The summed E-state index contributed by atoms with van der Waals surface area (Å²) in [6.07, 6.45) is 8.76. The van der Waals surface area contributed by atoms with E-state index in [2.05, 4.69) is 34.9 Å². The molecule has 86 valence electrons. The molecule has 15 heavy (non-hydrogen) atoms. The summed E-state index contributed by atoms with van der Waals surface area (Å²) >= 11 is 0. The number of unbranched alkanes of at least 4 members (excludes halogenated alkanes) is 1. The second-order valence-corrected chi connectivity index (χ2v) is 3.89. The molecule has 0 atom stereocenters. The van der Waals surface area contributed by atoms with Gasteiger partial charge in [0.2, 0.25) is 0 Å². The van der Waals surface area contributed by atoms with Crippen molar-refractivity contribution in [2.45, 2.75) is 46.1 Å². The summed E-state index contributed by atoms with van der Waals surface area (Å²) in [4.78, 5) is 4.36. The number of hydrogen-bond acceptors (Lipinski definition) is 2. The van der Waals surface area contributed by atoms with Gasteiger partial charge in [0.05, 0.1) is 0 Å². The van der Waals surface area contributed by atoms with Crippen LogP contribution < -0.4 is 5.32 Å². The topological polar surface area (TPSA) is 29.9 Å². The summed E-state index contributed by atoms with van der Waals surface area (Å²) < 4.78 is 2.25. The zero-order chi connectivity index (χ0) is 10.9. The zero-order valence-electron chi connectivity index (χ0n) is 10.00. The smallest absolute Gasteiger partial charge is 0.108 e. The van der Waals surface area contributed by atoms with E-state index in [1.54, 1.807) is 0 Å². The van der Waals surface area contributed by atoms with Crippen LogP contribution >= 0.6 is 0 Å². The molecule has 0 aliphatic rings. The predicted octanol–water partition coefficient (Wildman–Crippen LogP) is 2.23. The highest BCUT2D eigenvalue weighted by molar-refractivity contribution is 4.92. The molecule has 0 saturated carbocycles. The lowest BCUT2D eigenvalue weighted by Crippen LogP contribution is -2.21. The molecule has 0 aliphatic carbocycles. The molecule has 0 spiro atoms. The molecule has 1 aromatic heterocycles. The van der Waals surface area contributed by atoms with E-state index in [0.717, 1.165) is 26.1 Å². The monoisotopic (exact) mass is 209 g/mol. The Bertz CT molecular complexity index is 255. The van der Waals surface area contributed by atoms with Crippen molar-refractivity contribution in [2.75, 3.05) is 13.1 Å². The molecule has 0 aliphatic heterocycles. The van der Waals surface area contributed by atoms with Gasteiger partial charge in [0, 0.05) is 31.9 Å². The highest BCUT2D eigenvalue weighted by atomic mass is 15.1. The molecule has 3 nitrogen and oxygen atoms in total. The molecule has 1 aromatic rings. The van der Waals surface area contributed by atoms with E-state index in [4.69, 9.17) is 0 Å². The Morgan fingerprint density at radius 2 is 2.13 bits per heavy atom. The first-order valence-corrected chi connectivity index (χ1v) is 6.09. The van der Waals surface area contributed by atoms with E-state index in [1.165, 1.54) is 25.1 Å². The molecule has 1 N–H and O–H groups in total. The summed E-state index contributed by atoms with van der Waals surface area (Å²) in [5.41, 5.74) is 0. The fourth-order valence-electron chi connectivity index (χ4n) is 1.62. The lowest BCUT2D eigenvalue weighted by atomic mass is 10.3. The summed E-state index contributed by atoms with van der Waals surface area (Å²) in [5, 5.41) is 3.45. The highest BCUT2D eigenvalue weighted by Crippen LogP contribution is 2.00. The van der Waals surface area contributed by atoms with Crippen LogP contribution in [0.2, 0.25) is 0 Å². The van der Waals surface area contributed by atoms with Crippen molar-refractivity contribution >= 4 is 0 Å². The first-order chi connectivity index (χ1) is 7.38. The Balaban J connectivity index is 2.21. The number of imidazole rings is 1. The van der Waals surface area contributed by atoms with E-state index < -0.39 is 0 Å². The van der Waals surface area contributed by atoms with Gasteiger partial charge in [-0.3, -0.25) is 0 Å². The highest BCUT2D eigenvalue weighted by Gasteiger charge is 1.99. The Kier molecular flexibility index (Phi) is 6.09. The van der Waals surface area contributed by atoms with Crippen molar-refractivity contribution < 1.29 is 0 Å². The summed E-state index contributed by atoms with van der Waals surface area (Å²) in [6.45, 7) is 7.63. The standard InChI is InChI=1S/C12H23N3/c1-3-5-7-13-8-10-15-11-9-14-12(15)6-4-2/h9,11,13H,3-8,10H2,1-2H3. The first kappa shape index (κ1) is 12.2. The van der Waals surface area contributed by atoms with Gasteiger partial charge in [-0.05, 0) is 19.4 Å². The average molecular weight is 209 g/mol. The van der Waals surface area contributed by atoms with Gasteiger partial charge < -0.3 is 9.88 Å². The van der Waals surface area contributed by atoms with Crippen LogP contribution in [0.25, 0.3) is 0 Å². The molecular formula is C12H23N3. The number of hydrogen-bond donors (Lipinski definition) is 1. The summed E-state index contributed by atoms with van der Waals surface area (Å²) in [7, 11) is 0. The van der Waals surface area contributed by atoms with Gasteiger partial charge in [-0.1, -0.05) is 20.3 Å². The van der Waals surface area contributed by atoms with E-state index in [1.807, 2.05) is 6.20 Å². The Hall–Kier alpha value is -0.830. The molecule has 0 unspecified atom stereocenters. The number of nitrogens with zero attached hydrogens (tertiary/aromatic N) is 2. The van der Waals surface area contributed by atoms with Gasteiger partial charge in [-0.2, -0.15) is 0 Å². The third kappa shape index (κ3) is 4.47. The van der Waals surface area contributed by atoms with Crippen LogP contribution in [0.15, 0.2) is 12.4 Å². The molecule has 0 amide bonds. The largest absolute Gasteiger partial charge is 0.334 e. The van der Waals surface area contributed by atoms with Crippen LogP contribution in [0.4, 0.5) is 0 Å². The zero-order valence-corrected chi connectivity index (χ0v) is 10.00. The van der Waals surface area contributed by atoms with Crippen molar-refractivity contribution in [2.24, 2.45) is 0 Å². The molecular weight excluding hydrogens is 186 g/mol. The van der Waals surface area contributed by atoms with Crippen LogP contribution in [0.5, 0.6) is 0 Å². The van der Waals surface area contributed by atoms with Crippen molar-refractivity contribution in [3.05, 3.63) is 18.2 Å².